The zero-order valence-electron chi connectivity index (χ0n) is 16.1. The number of nitrogens with one attached hydrogen (secondary N) is 1. The molecule has 1 atom stereocenters. The fraction of sp³-hybridized carbons (Fsp3) is 0.529. The van der Waals surface area contributed by atoms with Crippen LogP contribution in [0.1, 0.15) is 25.3 Å². The smallest absolute Gasteiger partial charge is 0.350 e. The molecule has 166 valence electrons. The molecule has 1 aromatic carbocycles. The van der Waals surface area contributed by atoms with Crippen molar-refractivity contribution in [3.05, 3.63) is 37.7 Å². The average molecular weight is 482 g/mol. The topological polar surface area (TPSA) is 119 Å². The maximum atomic E-state index is 15.0. The third-order valence-corrected chi connectivity index (χ3v) is 6.47. The summed E-state index contributed by atoms with van der Waals surface area (Å²) in [4.78, 5) is 26.7. The van der Waals surface area contributed by atoms with Crippen LogP contribution in [0.15, 0.2) is 15.7 Å². The molecule has 4 rings (SSSR count). The maximum Gasteiger partial charge on any atom is 0.350 e. The van der Waals surface area contributed by atoms with E-state index in [1.54, 1.807) is 4.90 Å². The van der Waals surface area contributed by atoms with E-state index in [9.17, 15) is 22.4 Å². The van der Waals surface area contributed by atoms with Gasteiger partial charge in [0.1, 0.15) is 5.82 Å². The molecule has 2 aliphatic rings. The number of sulfonamides is 1. The first-order valence-electron chi connectivity index (χ1n) is 9.22. The Morgan fingerprint density at radius 1 is 1.30 bits per heavy atom. The van der Waals surface area contributed by atoms with Crippen molar-refractivity contribution in [1.29, 1.82) is 0 Å². The van der Waals surface area contributed by atoms with Crippen molar-refractivity contribution >= 4 is 50.6 Å². The van der Waals surface area contributed by atoms with Crippen LogP contribution < -0.4 is 26.7 Å². The SMILES string of the molecule is CS(=O)(=O)NCC1CCN(c2c(F)cc3c(=O)n(N)c(=O)n(C4CC4)c3c2Cl)C1.Cl. The molecule has 3 N–H and O–H groups in total. The van der Waals surface area contributed by atoms with E-state index in [0.717, 1.165) is 25.2 Å². The van der Waals surface area contributed by atoms with Gasteiger partial charge >= 0.3 is 5.69 Å². The lowest BCUT2D eigenvalue weighted by Gasteiger charge is -2.23. The first kappa shape index (κ1) is 22.9. The Bertz CT molecular complexity index is 1230. The van der Waals surface area contributed by atoms with Crippen molar-refractivity contribution in [3.8, 4) is 0 Å². The summed E-state index contributed by atoms with van der Waals surface area (Å²) in [6.45, 7) is 1.11. The lowest BCUT2D eigenvalue weighted by molar-refractivity contribution is 0.544. The van der Waals surface area contributed by atoms with Crippen LogP contribution in [0.2, 0.25) is 5.02 Å². The number of aromatic nitrogens is 2. The molecule has 13 heteroatoms. The van der Waals surface area contributed by atoms with Crippen LogP contribution in [0.25, 0.3) is 10.9 Å². The molecule has 2 heterocycles. The summed E-state index contributed by atoms with van der Waals surface area (Å²) in [6.07, 6.45) is 3.23. The molecule has 1 aromatic heterocycles. The van der Waals surface area contributed by atoms with Gasteiger partial charge < -0.3 is 10.7 Å². The normalized spacial score (nSPS) is 19.3. The number of hydrogen-bond donors (Lipinski definition) is 2. The number of hydrogen-bond acceptors (Lipinski definition) is 6. The number of benzene rings is 1. The van der Waals surface area contributed by atoms with Crippen molar-refractivity contribution in [2.75, 3.05) is 36.6 Å². The molecule has 30 heavy (non-hydrogen) atoms. The number of fused-ring (bicyclic) bond motifs is 1. The molecule has 0 radical (unpaired) electrons. The Morgan fingerprint density at radius 2 is 1.97 bits per heavy atom. The van der Waals surface area contributed by atoms with Gasteiger partial charge in [-0.05, 0) is 31.2 Å². The van der Waals surface area contributed by atoms with Crippen LogP contribution in [-0.2, 0) is 10.0 Å². The molecule has 1 saturated carbocycles. The molecular formula is C17H22Cl2FN5O4S. The van der Waals surface area contributed by atoms with Crippen LogP contribution >= 0.6 is 24.0 Å². The van der Waals surface area contributed by atoms with Crippen LogP contribution in [0.3, 0.4) is 0 Å². The number of anilines is 1. The molecule has 1 saturated heterocycles. The van der Waals surface area contributed by atoms with E-state index < -0.39 is 27.1 Å². The molecule has 2 fully saturated rings. The van der Waals surface area contributed by atoms with Crippen LogP contribution in [0.4, 0.5) is 10.1 Å². The third-order valence-electron chi connectivity index (χ3n) is 5.42. The molecule has 1 unspecified atom stereocenters. The summed E-state index contributed by atoms with van der Waals surface area (Å²) in [5.74, 6) is 4.90. The molecule has 1 aliphatic carbocycles. The van der Waals surface area contributed by atoms with Crippen molar-refractivity contribution in [1.82, 2.24) is 14.0 Å². The Balaban J connectivity index is 0.00000256. The summed E-state index contributed by atoms with van der Waals surface area (Å²) in [7, 11) is -3.32. The van der Waals surface area contributed by atoms with E-state index >= 15 is 0 Å². The molecule has 0 spiro atoms. The fourth-order valence-corrected chi connectivity index (χ4v) is 4.80. The number of nitrogen functional groups attached to an aromatic ring is 1. The lowest BCUT2D eigenvalue weighted by Crippen LogP contribution is -2.44. The maximum absolute atomic E-state index is 15.0. The molecular weight excluding hydrogens is 460 g/mol. The van der Waals surface area contributed by atoms with Gasteiger partial charge in [-0.3, -0.25) is 9.36 Å². The van der Waals surface area contributed by atoms with Gasteiger partial charge in [-0.25, -0.2) is 22.3 Å². The van der Waals surface area contributed by atoms with E-state index in [2.05, 4.69) is 4.72 Å². The molecule has 0 amide bonds. The second-order valence-electron chi connectivity index (χ2n) is 7.70. The second-order valence-corrected chi connectivity index (χ2v) is 9.91. The summed E-state index contributed by atoms with van der Waals surface area (Å²) < 4.78 is 41.9. The molecule has 2 aromatic rings. The number of nitrogens with two attached hydrogens (primary N) is 1. The standard InChI is InChI=1S/C17H21ClFN5O4S.ClH/c1-29(27,28)21-7-9-4-5-22(8-9)15-12(19)6-11-14(13(15)18)23(10-2-3-10)17(26)24(20)16(11)25;/h6,9-10,21H,2-5,7-8,20H2,1H3;1H. The van der Waals surface area contributed by atoms with Crippen molar-refractivity contribution in [2.24, 2.45) is 5.92 Å². The van der Waals surface area contributed by atoms with E-state index in [-0.39, 0.29) is 52.5 Å². The highest BCUT2D eigenvalue weighted by Crippen LogP contribution is 2.41. The number of halogens is 3. The van der Waals surface area contributed by atoms with Gasteiger partial charge in [0.2, 0.25) is 10.0 Å². The van der Waals surface area contributed by atoms with Crippen LogP contribution in [0, 0.1) is 11.7 Å². The van der Waals surface area contributed by atoms with Crippen molar-refractivity contribution in [2.45, 2.75) is 25.3 Å². The Hall–Kier alpha value is -1.82. The largest absolute Gasteiger partial charge is 0.368 e. The number of nitrogens with zero attached hydrogens (tertiary/aromatic N) is 3. The van der Waals surface area contributed by atoms with Gasteiger partial charge in [-0.2, -0.15) is 4.68 Å². The first-order chi connectivity index (χ1) is 13.6. The van der Waals surface area contributed by atoms with Gasteiger partial charge in [-0.1, -0.05) is 11.6 Å². The quantitative estimate of drug-likeness (QED) is 0.609. The Labute approximate surface area is 183 Å². The first-order valence-corrected chi connectivity index (χ1v) is 11.5. The summed E-state index contributed by atoms with van der Waals surface area (Å²) in [5.41, 5.74) is -1.17. The Kier molecular flexibility index (Phi) is 6.11. The predicted octanol–water partition coefficient (Wildman–Crippen LogP) is 0.802. The minimum absolute atomic E-state index is 0. The van der Waals surface area contributed by atoms with Gasteiger partial charge in [0.05, 0.1) is 27.9 Å². The summed E-state index contributed by atoms with van der Waals surface area (Å²) in [6, 6.07) is 0.948. The highest BCUT2D eigenvalue weighted by molar-refractivity contribution is 7.88. The minimum Gasteiger partial charge on any atom is -0.368 e. The van der Waals surface area contributed by atoms with E-state index in [0.29, 0.717) is 24.2 Å². The minimum atomic E-state index is -3.32. The van der Waals surface area contributed by atoms with E-state index in [4.69, 9.17) is 17.4 Å². The van der Waals surface area contributed by atoms with E-state index in [1.165, 1.54) is 4.57 Å². The van der Waals surface area contributed by atoms with Crippen LogP contribution in [0.5, 0.6) is 0 Å². The zero-order chi connectivity index (χ0) is 21.1. The lowest BCUT2D eigenvalue weighted by atomic mass is 10.1. The fourth-order valence-electron chi connectivity index (χ4n) is 3.86. The second kappa shape index (κ2) is 8.03. The zero-order valence-corrected chi connectivity index (χ0v) is 18.5. The summed E-state index contributed by atoms with van der Waals surface area (Å²) >= 11 is 6.56. The van der Waals surface area contributed by atoms with Crippen molar-refractivity contribution < 1.29 is 12.8 Å². The van der Waals surface area contributed by atoms with Gasteiger partial charge in [0.15, 0.2) is 0 Å². The third kappa shape index (κ3) is 4.03. The van der Waals surface area contributed by atoms with Crippen molar-refractivity contribution in [3.63, 3.8) is 0 Å². The monoisotopic (exact) mass is 481 g/mol. The van der Waals surface area contributed by atoms with E-state index in [1.807, 2.05) is 0 Å². The molecule has 0 bridgehead atoms. The molecule has 1 aliphatic heterocycles. The average Bonchev–Trinajstić information content (AvgIpc) is 3.37. The Morgan fingerprint density at radius 3 is 2.57 bits per heavy atom. The highest BCUT2D eigenvalue weighted by Gasteiger charge is 2.33. The molecule has 9 nitrogen and oxygen atoms in total. The highest BCUT2D eigenvalue weighted by atomic mass is 35.5. The summed E-state index contributed by atoms with van der Waals surface area (Å²) in [5, 5.41) is -0.0434. The van der Waals surface area contributed by atoms with Gasteiger partial charge in [-0.15, -0.1) is 12.4 Å². The van der Waals surface area contributed by atoms with Gasteiger partial charge in [0.25, 0.3) is 5.56 Å². The number of rotatable bonds is 5. The van der Waals surface area contributed by atoms with Crippen LogP contribution in [-0.4, -0.2) is 43.6 Å². The predicted molar refractivity (Wildman–Crippen MR) is 116 cm³/mol. The van der Waals surface area contributed by atoms with Gasteiger partial charge in [0, 0.05) is 25.7 Å².